The zero-order valence-electron chi connectivity index (χ0n) is 10.7. The second-order valence-corrected chi connectivity index (χ2v) is 4.12. The summed E-state index contributed by atoms with van der Waals surface area (Å²) in [6.07, 6.45) is 0.999. The topological polar surface area (TPSA) is 67.2 Å². The van der Waals surface area contributed by atoms with Crippen LogP contribution in [0.15, 0.2) is 18.2 Å². The van der Waals surface area contributed by atoms with Crippen molar-refractivity contribution in [1.82, 2.24) is 5.32 Å². The van der Waals surface area contributed by atoms with E-state index in [1.54, 1.807) is 12.1 Å². The minimum Gasteiger partial charge on any atom is -0.399 e. The zero-order valence-corrected chi connectivity index (χ0v) is 10.7. The van der Waals surface area contributed by atoms with Crippen molar-refractivity contribution in [1.29, 1.82) is 0 Å². The van der Waals surface area contributed by atoms with Gasteiger partial charge in [-0.05, 0) is 38.5 Å². The number of hydrogen-bond donors (Lipinski definition) is 3. The summed E-state index contributed by atoms with van der Waals surface area (Å²) in [5, 5.41) is 6.10. The molecule has 0 aliphatic heterocycles. The van der Waals surface area contributed by atoms with Gasteiger partial charge in [-0.1, -0.05) is 6.92 Å². The van der Waals surface area contributed by atoms with Crippen molar-refractivity contribution in [2.45, 2.75) is 33.2 Å². The van der Waals surface area contributed by atoms with Crippen LogP contribution in [0.3, 0.4) is 0 Å². The molecule has 0 radical (unpaired) electrons. The molecule has 0 unspecified atom stereocenters. The molecule has 1 amide bonds. The van der Waals surface area contributed by atoms with Crippen LogP contribution in [0.5, 0.6) is 0 Å². The van der Waals surface area contributed by atoms with Crippen LogP contribution in [0.1, 0.15) is 37.6 Å². The fourth-order valence-corrected chi connectivity index (χ4v) is 1.50. The molecule has 17 heavy (non-hydrogen) atoms. The summed E-state index contributed by atoms with van der Waals surface area (Å²) in [4.78, 5) is 11.9. The van der Waals surface area contributed by atoms with Gasteiger partial charge in [-0.15, -0.1) is 0 Å². The molecule has 0 saturated heterocycles. The van der Waals surface area contributed by atoms with Gasteiger partial charge in [0.25, 0.3) is 5.91 Å². The number of carbonyl (C=O) groups is 1. The number of rotatable bonds is 5. The molecule has 0 bridgehead atoms. The maximum Gasteiger partial charge on any atom is 0.253 e. The van der Waals surface area contributed by atoms with Crippen LogP contribution < -0.4 is 16.4 Å². The Morgan fingerprint density at radius 2 is 2.12 bits per heavy atom. The highest BCUT2D eigenvalue weighted by molar-refractivity contribution is 6.00. The van der Waals surface area contributed by atoms with E-state index in [1.165, 1.54) is 0 Å². The molecule has 4 N–H and O–H groups in total. The van der Waals surface area contributed by atoms with Crippen molar-refractivity contribution in [2.75, 3.05) is 17.6 Å². The Balaban J connectivity index is 2.99. The van der Waals surface area contributed by atoms with Gasteiger partial charge in [0, 0.05) is 24.0 Å². The second kappa shape index (κ2) is 6.13. The summed E-state index contributed by atoms with van der Waals surface area (Å²) >= 11 is 0. The molecule has 0 aliphatic carbocycles. The first-order valence-corrected chi connectivity index (χ1v) is 6.02. The smallest absolute Gasteiger partial charge is 0.253 e. The zero-order chi connectivity index (χ0) is 12.8. The fraction of sp³-hybridized carbons (Fsp3) is 0.462. The number of amides is 1. The van der Waals surface area contributed by atoms with Crippen molar-refractivity contribution in [3.63, 3.8) is 0 Å². The van der Waals surface area contributed by atoms with Gasteiger partial charge in [-0.25, -0.2) is 0 Å². The summed E-state index contributed by atoms with van der Waals surface area (Å²) in [5.74, 6) is -0.0920. The van der Waals surface area contributed by atoms with Crippen LogP contribution in [-0.2, 0) is 0 Å². The summed E-state index contributed by atoms with van der Waals surface area (Å²) in [6, 6.07) is 5.68. The molecule has 4 nitrogen and oxygen atoms in total. The summed E-state index contributed by atoms with van der Waals surface area (Å²) in [5.41, 5.74) is 7.75. The third-order valence-corrected chi connectivity index (χ3v) is 2.64. The Morgan fingerprint density at radius 1 is 1.41 bits per heavy atom. The molecule has 1 aromatic rings. The molecular weight excluding hydrogens is 214 g/mol. The van der Waals surface area contributed by atoms with E-state index in [1.807, 2.05) is 13.0 Å². The molecule has 4 heteroatoms. The Labute approximate surface area is 103 Å². The summed E-state index contributed by atoms with van der Waals surface area (Å²) in [7, 11) is 0. The molecule has 0 aliphatic rings. The Hall–Kier alpha value is -1.71. The molecular formula is C13H21N3O. The number of anilines is 2. The molecule has 0 fully saturated rings. The van der Waals surface area contributed by atoms with Crippen molar-refractivity contribution in [2.24, 2.45) is 0 Å². The molecule has 0 spiro atoms. The van der Waals surface area contributed by atoms with Crippen molar-refractivity contribution in [3.8, 4) is 0 Å². The normalized spacial score (nSPS) is 11.9. The predicted molar refractivity (Wildman–Crippen MR) is 72.2 cm³/mol. The lowest BCUT2D eigenvalue weighted by atomic mass is 10.1. The maximum absolute atomic E-state index is 11.9. The SMILES string of the molecule is CCNC(=O)c1cc(N)ccc1N[C@H](C)CC. The molecule has 1 rings (SSSR count). The van der Waals surface area contributed by atoms with Gasteiger partial charge in [0.2, 0.25) is 0 Å². The summed E-state index contributed by atoms with van der Waals surface area (Å²) < 4.78 is 0. The summed E-state index contributed by atoms with van der Waals surface area (Å²) in [6.45, 7) is 6.68. The molecule has 0 aromatic heterocycles. The van der Waals surface area contributed by atoms with Gasteiger partial charge in [0.05, 0.1) is 5.56 Å². The Kier molecular flexibility index (Phi) is 4.82. The highest BCUT2D eigenvalue weighted by Gasteiger charge is 2.12. The van der Waals surface area contributed by atoms with Crippen LogP contribution in [-0.4, -0.2) is 18.5 Å². The van der Waals surface area contributed by atoms with Gasteiger partial charge >= 0.3 is 0 Å². The quantitative estimate of drug-likeness (QED) is 0.686. The molecule has 94 valence electrons. The minimum atomic E-state index is -0.0920. The van der Waals surface area contributed by atoms with Gasteiger partial charge in [-0.3, -0.25) is 4.79 Å². The van der Waals surface area contributed by atoms with Gasteiger partial charge in [0.15, 0.2) is 0 Å². The number of hydrogen-bond acceptors (Lipinski definition) is 3. The van der Waals surface area contributed by atoms with Crippen molar-refractivity contribution < 1.29 is 4.79 Å². The standard InChI is InChI=1S/C13H21N3O/c1-4-9(3)16-12-7-6-10(14)8-11(12)13(17)15-5-2/h6-9,16H,4-5,14H2,1-3H3,(H,15,17)/t9-/m1/s1. The highest BCUT2D eigenvalue weighted by Crippen LogP contribution is 2.20. The minimum absolute atomic E-state index is 0.0920. The fourth-order valence-electron chi connectivity index (χ4n) is 1.50. The van der Waals surface area contributed by atoms with Crippen LogP contribution in [0.25, 0.3) is 0 Å². The van der Waals surface area contributed by atoms with E-state index < -0.39 is 0 Å². The third kappa shape index (κ3) is 3.66. The first-order valence-electron chi connectivity index (χ1n) is 6.02. The molecule has 0 saturated carbocycles. The number of carbonyl (C=O) groups excluding carboxylic acids is 1. The van der Waals surface area contributed by atoms with Gasteiger partial charge < -0.3 is 16.4 Å². The number of nitrogen functional groups attached to an aromatic ring is 1. The predicted octanol–water partition coefficient (Wildman–Crippen LogP) is 2.23. The molecule has 1 atom stereocenters. The van der Waals surface area contributed by atoms with Crippen LogP contribution in [0.4, 0.5) is 11.4 Å². The Morgan fingerprint density at radius 3 is 2.71 bits per heavy atom. The number of benzene rings is 1. The maximum atomic E-state index is 11.9. The largest absolute Gasteiger partial charge is 0.399 e. The highest BCUT2D eigenvalue weighted by atomic mass is 16.1. The third-order valence-electron chi connectivity index (χ3n) is 2.64. The average Bonchev–Trinajstić information content (AvgIpc) is 2.31. The van der Waals surface area contributed by atoms with Crippen molar-refractivity contribution in [3.05, 3.63) is 23.8 Å². The van der Waals surface area contributed by atoms with E-state index >= 15 is 0 Å². The first-order chi connectivity index (χ1) is 8.08. The van der Waals surface area contributed by atoms with Crippen molar-refractivity contribution >= 4 is 17.3 Å². The van der Waals surface area contributed by atoms with E-state index in [0.29, 0.717) is 23.8 Å². The number of nitrogens with two attached hydrogens (primary N) is 1. The Bertz CT molecular complexity index is 390. The average molecular weight is 235 g/mol. The lowest BCUT2D eigenvalue weighted by molar-refractivity contribution is 0.0956. The van der Waals surface area contributed by atoms with Crippen LogP contribution in [0.2, 0.25) is 0 Å². The van der Waals surface area contributed by atoms with Gasteiger partial charge in [0.1, 0.15) is 0 Å². The number of nitrogens with one attached hydrogen (secondary N) is 2. The van der Waals surface area contributed by atoms with E-state index in [0.717, 1.165) is 12.1 Å². The van der Waals surface area contributed by atoms with E-state index in [2.05, 4.69) is 24.5 Å². The van der Waals surface area contributed by atoms with Crippen LogP contribution >= 0.6 is 0 Å². The van der Waals surface area contributed by atoms with Gasteiger partial charge in [-0.2, -0.15) is 0 Å². The first kappa shape index (κ1) is 13.4. The van der Waals surface area contributed by atoms with E-state index in [-0.39, 0.29) is 5.91 Å². The van der Waals surface area contributed by atoms with E-state index in [4.69, 9.17) is 5.73 Å². The lowest BCUT2D eigenvalue weighted by Crippen LogP contribution is -2.25. The molecule has 0 heterocycles. The van der Waals surface area contributed by atoms with E-state index in [9.17, 15) is 4.79 Å². The monoisotopic (exact) mass is 235 g/mol. The second-order valence-electron chi connectivity index (χ2n) is 4.12. The van der Waals surface area contributed by atoms with Crippen LogP contribution in [0, 0.1) is 0 Å². The molecule has 1 aromatic carbocycles. The lowest BCUT2D eigenvalue weighted by Gasteiger charge is -2.16.